The molecule has 0 fully saturated rings. The van der Waals surface area contributed by atoms with E-state index in [0.29, 0.717) is 30.5 Å². The monoisotopic (exact) mass is 386 g/mol. The van der Waals surface area contributed by atoms with Gasteiger partial charge < -0.3 is 14.2 Å². The number of carbonyl (C=O) groups excluding carboxylic acids is 2. The van der Waals surface area contributed by atoms with Gasteiger partial charge in [0.2, 0.25) is 5.91 Å². The fraction of sp³-hybridized carbons (Fsp3) is 0.333. The van der Waals surface area contributed by atoms with Crippen molar-refractivity contribution in [3.63, 3.8) is 0 Å². The first-order valence-corrected chi connectivity index (χ1v) is 9.17. The Labute approximate surface area is 165 Å². The van der Waals surface area contributed by atoms with E-state index in [4.69, 9.17) is 14.2 Å². The maximum Gasteiger partial charge on any atom is 0.276 e. The molecule has 0 atom stereocenters. The van der Waals surface area contributed by atoms with Crippen molar-refractivity contribution in [1.82, 2.24) is 10.9 Å². The van der Waals surface area contributed by atoms with Gasteiger partial charge >= 0.3 is 0 Å². The first kappa shape index (κ1) is 21.1. The molecule has 28 heavy (non-hydrogen) atoms. The van der Waals surface area contributed by atoms with Gasteiger partial charge in [-0.3, -0.25) is 20.4 Å². The molecular weight excluding hydrogens is 360 g/mol. The quantitative estimate of drug-likeness (QED) is 0.647. The maximum absolute atomic E-state index is 12.1. The van der Waals surface area contributed by atoms with Gasteiger partial charge in [-0.05, 0) is 56.2 Å². The van der Waals surface area contributed by atoms with Crippen LogP contribution in [0.15, 0.2) is 42.5 Å². The van der Waals surface area contributed by atoms with E-state index in [-0.39, 0.29) is 18.9 Å². The molecule has 0 saturated carbocycles. The van der Waals surface area contributed by atoms with Gasteiger partial charge in [0.1, 0.15) is 5.75 Å². The second kappa shape index (κ2) is 10.8. The highest BCUT2D eigenvalue weighted by atomic mass is 16.5. The van der Waals surface area contributed by atoms with Gasteiger partial charge in [-0.25, -0.2) is 0 Å². The van der Waals surface area contributed by atoms with Crippen LogP contribution in [0.1, 0.15) is 25.0 Å². The zero-order valence-electron chi connectivity index (χ0n) is 16.4. The van der Waals surface area contributed by atoms with E-state index >= 15 is 0 Å². The van der Waals surface area contributed by atoms with Crippen LogP contribution in [0.2, 0.25) is 0 Å². The Kier molecular flexibility index (Phi) is 8.14. The van der Waals surface area contributed by atoms with E-state index < -0.39 is 5.91 Å². The highest BCUT2D eigenvalue weighted by Crippen LogP contribution is 2.28. The Morgan fingerprint density at radius 1 is 0.857 bits per heavy atom. The molecule has 150 valence electrons. The van der Waals surface area contributed by atoms with Gasteiger partial charge in [-0.2, -0.15) is 0 Å². The minimum Gasteiger partial charge on any atom is -0.490 e. The molecule has 0 aliphatic heterocycles. The Morgan fingerprint density at radius 2 is 1.57 bits per heavy atom. The summed E-state index contributed by atoms with van der Waals surface area (Å²) in [6.07, 6.45) is 0.0888. The third-order valence-corrected chi connectivity index (χ3v) is 3.67. The first-order chi connectivity index (χ1) is 13.5. The number of ether oxygens (including phenoxy) is 3. The Bertz CT molecular complexity index is 807. The predicted octanol–water partition coefficient (Wildman–Crippen LogP) is 2.56. The lowest BCUT2D eigenvalue weighted by molar-refractivity contribution is -0.129. The minimum absolute atomic E-state index is 0.0888. The lowest BCUT2D eigenvalue weighted by atomic mass is 10.1. The number of rotatable bonds is 9. The number of benzene rings is 2. The van der Waals surface area contributed by atoms with Crippen LogP contribution in [-0.4, -0.2) is 31.6 Å². The molecule has 2 rings (SSSR count). The third-order valence-electron chi connectivity index (χ3n) is 3.67. The van der Waals surface area contributed by atoms with E-state index in [2.05, 4.69) is 10.9 Å². The lowest BCUT2D eigenvalue weighted by Crippen LogP contribution is -2.44. The van der Waals surface area contributed by atoms with Crippen molar-refractivity contribution in [3.8, 4) is 17.2 Å². The molecule has 7 heteroatoms. The summed E-state index contributed by atoms with van der Waals surface area (Å²) in [6, 6.07) is 12.7. The van der Waals surface area contributed by atoms with Crippen LogP contribution in [0.3, 0.4) is 0 Å². The summed E-state index contributed by atoms with van der Waals surface area (Å²) in [7, 11) is 0. The zero-order valence-corrected chi connectivity index (χ0v) is 16.4. The van der Waals surface area contributed by atoms with Gasteiger partial charge in [-0.1, -0.05) is 18.2 Å². The van der Waals surface area contributed by atoms with Crippen LogP contribution in [0.4, 0.5) is 0 Å². The van der Waals surface area contributed by atoms with Crippen molar-refractivity contribution in [2.24, 2.45) is 0 Å². The van der Waals surface area contributed by atoms with Crippen molar-refractivity contribution in [2.45, 2.75) is 27.2 Å². The number of hydrazine groups is 1. The molecule has 0 unspecified atom stereocenters. The molecule has 0 aromatic heterocycles. The number of carbonyl (C=O) groups is 2. The van der Waals surface area contributed by atoms with Crippen molar-refractivity contribution < 1.29 is 23.8 Å². The molecule has 0 radical (unpaired) electrons. The van der Waals surface area contributed by atoms with Crippen LogP contribution >= 0.6 is 0 Å². The average Bonchev–Trinajstić information content (AvgIpc) is 2.67. The molecule has 0 aliphatic rings. The number of amides is 2. The van der Waals surface area contributed by atoms with E-state index in [1.54, 1.807) is 24.3 Å². The SMILES string of the molecule is CCOc1ccc(CC(=O)NNC(=O)COc2cccc(C)c2)cc1OCC. The van der Waals surface area contributed by atoms with E-state index in [1.807, 2.05) is 39.0 Å². The number of aryl methyl sites for hydroxylation is 1. The summed E-state index contributed by atoms with van der Waals surface area (Å²) in [5.41, 5.74) is 6.50. The van der Waals surface area contributed by atoms with E-state index in [1.165, 1.54) is 0 Å². The fourth-order valence-electron chi connectivity index (χ4n) is 2.46. The van der Waals surface area contributed by atoms with E-state index in [9.17, 15) is 9.59 Å². The third kappa shape index (κ3) is 6.83. The first-order valence-electron chi connectivity index (χ1n) is 9.17. The second-order valence-corrected chi connectivity index (χ2v) is 6.03. The molecule has 0 spiro atoms. The van der Waals surface area contributed by atoms with Gasteiger partial charge in [0.25, 0.3) is 5.91 Å². The normalized spacial score (nSPS) is 10.1. The molecule has 2 amide bonds. The van der Waals surface area contributed by atoms with Gasteiger partial charge in [-0.15, -0.1) is 0 Å². The summed E-state index contributed by atoms with van der Waals surface area (Å²) in [4.78, 5) is 23.9. The molecule has 0 heterocycles. The Balaban J connectivity index is 1.81. The summed E-state index contributed by atoms with van der Waals surface area (Å²) in [5, 5.41) is 0. The summed E-state index contributed by atoms with van der Waals surface area (Å²) >= 11 is 0. The van der Waals surface area contributed by atoms with Crippen molar-refractivity contribution in [3.05, 3.63) is 53.6 Å². The summed E-state index contributed by atoms with van der Waals surface area (Å²) in [5.74, 6) is 1.02. The Morgan fingerprint density at radius 3 is 2.29 bits per heavy atom. The van der Waals surface area contributed by atoms with Crippen LogP contribution in [0.5, 0.6) is 17.2 Å². The molecular formula is C21H26N2O5. The van der Waals surface area contributed by atoms with Crippen molar-refractivity contribution >= 4 is 11.8 Å². The second-order valence-electron chi connectivity index (χ2n) is 6.03. The highest BCUT2D eigenvalue weighted by Gasteiger charge is 2.10. The molecule has 7 nitrogen and oxygen atoms in total. The van der Waals surface area contributed by atoms with Crippen LogP contribution in [-0.2, 0) is 16.0 Å². The summed E-state index contributed by atoms with van der Waals surface area (Å²) < 4.78 is 16.4. The van der Waals surface area contributed by atoms with Gasteiger partial charge in [0, 0.05) is 0 Å². The zero-order chi connectivity index (χ0) is 20.4. The Hall–Kier alpha value is -3.22. The van der Waals surface area contributed by atoms with E-state index in [0.717, 1.165) is 11.1 Å². The van der Waals surface area contributed by atoms with Crippen LogP contribution in [0, 0.1) is 6.92 Å². The molecule has 2 aromatic rings. The molecule has 0 aliphatic carbocycles. The van der Waals surface area contributed by atoms with Gasteiger partial charge in [0.15, 0.2) is 18.1 Å². The highest BCUT2D eigenvalue weighted by molar-refractivity contribution is 5.84. The molecule has 2 aromatic carbocycles. The average molecular weight is 386 g/mol. The van der Waals surface area contributed by atoms with Crippen LogP contribution in [0.25, 0.3) is 0 Å². The molecule has 0 saturated heterocycles. The maximum atomic E-state index is 12.1. The number of hydrogen-bond donors (Lipinski definition) is 2. The standard InChI is InChI=1S/C21H26N2O5/c1-4-26-18-10-9-16(12-19(18)27-5-2)13-20(24)22-23-21(25)14-28-17-8-6-7-15(3)11-17/h6-12H,4-5,13-14H2,1-3H3,(H,22,24)(H,23,25). The summed E-state index contributed by atoms with van der Waals surface area (Å²) in [6.45, 7) is 6.53. The molecule has 2 N–H and O–H groups in total. The van der Waals surface area contributed by atoms with Crippen LogP contribution < -0.4 is 25.1 Å². The fourth-order valence-corrected chi connectivity index (χ4v) is 2.46. The predicted molar refractivity (Wildman–Crippen MR) is 105 cm³/mol. The minimum atomic E-state index is -0.448. The number of hydrogen-bond acceptors (Lipinski definition) is 5. The molecule has 0 bridgehead atoms. The topological polar surface area (TPSA) is 85.9 Å². The van der Waals surface area contributed by atoms with Crippen molar-refractivity contribution in [2.75, 3.05) is 19.8 Å². The van der Waals surface area contributed by atoms with Crippen molar-refractivity contribution in [1.29, 1.82) is 0 Å². The largest absolute Gasteiger partial charge is 0.490 e. The smallest absolute Gasteiger partial charge is 0.276 e. The van der Waals surface area contributed by atoms with Gasteiger partial charge in [0.05, 0.1) is 19.6 Å². The number of nitrogens with one attached hydrogen (secondary N) is 2. The lowest BCUT2D eigenvalue weighted by Gasteiger charge is -2.13.